The lowest BCUT2D eigenvalue weighted by Crippen LogP contribution is -2.67. The zero-order valence-electron chi connectivity index (χ0n) is 9.58. The van der Waals surface area contributed by atoms with E-state index in [0.29, 0.717) is 6.42 Å². The van der Waals surface area contributed by atoms with Crippen LogP contribution >= 0.6 is 0 Å². The fourth-order valence-corrected chi connectivity index (χ4v) is 2.43. The second kappa shape index (κ2) is 3.66. The van der Waals surface area contributed by atoms with Crippen LogP contribution < -0.4 is 5.32 Å². The Morgan fingerprint density at radius 3 is 2.56 bits per heavy atom. The summed E-state index contributed by atoms with van der Waals surface area (Å²) in [6.07, 6.45) is 2.17. The second-order valence-corrected chi connectivity index (χ2v) is 4.94. The summed E-state index contributed by atoms with van der Waals surface area (Å²) < 4.78 is 0. The summed E-state index contributed by atoms with van der Waals surface area (Å²) in [6, 6.07) is -0.259. The van der Waals surface area contributed by atoms with Gasteiger partial charge in [-0.25, -0.2) is 0 Å². The van der Waals surface area contributed by atoms with Crippen LogP contribution in [0.25, 0.3) is 0 Å². The third kappa shape index (κ3) is 1.65. The highest BCUT2D eigenvalue weighted by atomic mass is 16.2. The molecule has 0 aromatic carbocycles. The van der Waals surface area contributed by atoms with Crippen molar-refractivity contribution < 1.29 is 14.4 Å². The highest BCUT2D eigenvalue weighted by Gasteiger charge is 2.46. The van der Waals surface area contributed by atoms with Gasteiger partial charge in [0.25, 0.3) is 0 Å². The Morgan fingerprint density at radius 1 is 1.31 bits per heavy atom. The van der Waals surface area contributed by atoms with E-state index in [1.165, 1.54) is 0 Å². The first kappa shape index (κ1) is 11.3. The van der Waals surface area contributed by atoms with Crippen LogP contribution in [0.15, 0.2) is 0 Å². The molecular formula is C11H16N2O3. The number of carbonyl (C=O) groups is 3. The monoisotopic (exact) mass is 224 g/mol. The Labute approximate surface area is 94.2 Å². The highest BCUT2D eigenvalue weighted by molar-refractivity contribution is 6.03. The smallest absolute Gasteiger partial charge is 0.246 e. The molecule has 2 rings (SSSR count). The van der Waals surface area contributed by atoms with Crippen molar-refractivity contribution in [2.75, 3.05) is 6.54 Å². The molecule has 1 aliphatic heterocycles. The van der Waals surface area contributed by atoms with E-state index in [2.05, 4.69) is 5.32 Å². The lowest BCUT2D eigenvalue weighted by Gasteiger charge is -2.43. The molecule has 2 amide bonds. The van der Waals surface area contributed by atoms with E-state index in [1.54, 1.807) is 18.7 Å². The van der Waals surface area contributed by atoms with Crippen molar-refractivity contribution in [1.29, 1.82) is 0 Å². The van der Waals surface area contributed by atoms with Crippen molar-refractivity contribution in [2.45, 2.75) is 44.7 Å². The Bertz CT molecular complexity index is 362. The molecule has 2 aliphatic rings. The molecule has 1 saturated heterocycles. The van der Waals surface area contributed by atoms with E-state index < -0.39 is 5.54 Å². The maximum absolute atomic E-state index is 11.7. The average Bonchev–Trinajstić information content (AvgIpc) is 2.58. The van der Waals surface area contributed by atoms with E-state index in [-0.39, 0.29) is 30.2 Å². The van der Waals surface area contributed by atoms with E-state index in [4.69, 9.17) is 0 Å². The van der Waals surface area contributed by atoms with Crippen LogP contribution in [0.5, 0.6) is 0 Å². The number of nitrogens with zero attached hydrogens (tertiary/aromatic N) is 1. The van der Waals surface area contributed by atoms with Crippen LogP contribution in [0.4, 0.5) is 0 Å². The number of ketones is 1. The predicted octanol–water partition coefficient (Wildman–Crippen LogP) is -0.155. The summed E-state index contributed by atoms with van der Waals surface area (Å²) in [5.41, 5.74) is -0.779. The maximum Gasteiger partial charge on any atom is 0.246 e. The maximum atomic E-state index is 11.7. The Kier molecular flexibility index (Phi) is 2.58. The Balaban J connectivity index is 2.26. The molecule has 1 N–H and O–H groups in total. The molecule has 1 atom stereocenters. The molecule has 5 nitrogen and oxygen atoms in total. The molecule has 0 radical (unpaired) electrons. The van der Waals surface area contributed by atoms with Gasteiger partial charge in [-0.15, -0.1) is 0 Å². The average molecular weight is 224 g/mol. The standard InChI is InChI=1S/C11H16N2O3/c1-11(2)10(16)12-9(15)6-13(11)7-4-3-5-8(7)14/h7H,3-6H2,1-2H3,(H,12,15,16). The molecule has 2 fully saturated rings. The van der Waals surface area contributed by atoms with Crippen molar-refractivity contribution >= 4 is 17.6 Å². The molecule has 0 spiro atoms. The third-order valence-corrected chi connectivity index (χ3v) is 3.49. The SMILES string of the molecule is CC1(C)C(=O)NC(=O)CN1C1CCCC1=O. The van der Waals surface area contributed by atoms with Gasteiger partial charge in [-0.3, -0.25) is 24.6 Å². The topological polar surface area (TPSA) is 66.5 Å². The van der Waals surface area contributed by atoms with Gasteiger partial charge in [0.2, 0.25) is 11.8 Å². The lowest BCUT2D eigenvalue weighted by molar-refractivity contribution is -0.148. The van der Waals surface area contributed by atoms with Gasteiger partial charge >= 0.3 is 0 Å². The second-order valence-electron chi connectivity index (χ2n) is 4.94. The van der Waals surface area contributed by atoms with Gasteiger partial charge in [0.05, 0.1) is 18.1 Å². The molecule has 0 bridgehead atoms. The van der Waals surface area contributed by atoms with Crippen molar-refractivity contribution in [3.05, 3.63) is 0 Å². The summed E-state index contributed by atoms with van der Waals surface area (Å²) in [6.45, 7) is 3.63. The van der Waals surface area contributed by atoms with Crippen LogP contribution in [0.3, 0.4) is 0 Å². The Morgan fingerprint density at radius 2 is 2.00 bits per heavy atom. The number of hydrogen-bond acceptors (Lipinski definition) is 4. The van der Waals surface area contributed by atoms with E-state index in [0.717, 1.165) is 12.8 Å². The summed E-state index contributed by atoms with van der Waals surface area (Å²) in [5, 5.41) is 2.31. The Hall–Kier alpha value is -1.23. The van der Waals surface area contributed by atoms with Crippen LogP contribution in [-0.4, -0.2) is 40.6 Å². The van der Waals surface area contributed by atoms with Crippen molar-refractivity contribution in [2.24, 2.45) is 0 Å². The molecule has 1 saturated carbocycles. The van der Waals surface area contributed by atoms with Crippen LogP contribution in [0, 0.1) is 0 Å². The van der Waals surface area contributed by atoms with Gasteiger partial charge in [-0.05, 0) is 26.7 Å². The number of amides is 2. The lowest BCUT2D eigenvalue weighted by atomic mass is 9.95. The number of carbonyl (C=O) groups excluding carboxylic acids is 3. The van der Waals surface area contributed by atoms with Crippen LogP contribution in [0.2, 0.25) is 0 Å². The number of imide groups is 1. The summed E-state index contributed by atoms with van der Waals surface area (Å²) >= 11 is 0. The van der Waals surface area contributed by atoms with Crippen molar-refractivity contribution in [3.63, 3.8) is 0 Å². The van der Waals surface area contributed by atoms with Crippen LogP contribution in [-0.2, 0) is 14.4 Å². The minimum atomic E-state index is -0.779. The number of piperazine rings is 1. The fraction of sp³-hybridized carbons (Fsp3) is 0.727. The van der Waals surface area contributed by atoms with Gasteiger partial charge in [-0.2, -0.15) is 0 Å². The highest BCUT2D eigenvalue weighted by Crippen LogP contribution is 2.28. The summed E-state index contributed by atoms with van der Waals surface area (Å²) in [4.78, 5) is 36.5. The minimum Gasteiger partial charge on any atom is -0.298 e. The van der Waals surface area contributed by atoms with Gasteiger partial charge in [-0.1, -0.05) is 0 Å². The zero-order valence-corrected chi connectivity index (χ0v) is 9.58. The molecule has 1 aliphatic carbocycles. The quantitative estimate of drug-likeness (QED) is 0.629. The number of hydrogen-bond donors (Lipinski definition) is 1. The van der Waals surface area contributed by atoms with Gasteiger partial charge in [0.15, 0.2) is 0 Å². The summed E-state index contributed by atoms with van der Waals surface area (Å²) in [5.74, 6) is -0.483. The number of rotatable bonds is 1. The van der Waals surface area contributed by atoms with Crippen molar-refractivity contribution in [1.82, 2.24) is 10.2 Å². The molecule has 0 aromatic heterocycles. The first-order chi connectivity index (χ1) is 7.43. The third-order valence-electron chi connectivity index (χ3n) is 3.49. The zero-order chi connectivity index (χ0) is 11.9. The first-order valence-electron chi connectivity index (χ1n) is 5.56. The van der Waals surface area contributed by atoms with Gasteiger partial charge in [0, 0.05) is 6.42 Å². The molecule has 88 valence electrons. The predicted molar refractivity (Wildman–Crippen MR) is 56.6 cm³/mol. The van der Waals surface area contributed by atoms with Gasteiger partial charge in [0.1, 0.15) is 5.78 Å². The molecular weight excluding hydrogens is 208 g/mol. The minimum absolute atomic E-state index is 0.134. The fourth-order valence-electron chi connectivity index (χ4n) is 2.43. The normalized spacial score (nSPS) is 30.6. The van der Waals surface area contributed by atoms with Crippen LogP contribution in [0.1, 0.15) is 33.1 Å². The molecule has 5 heteroatoms. The number of nitrogens with one attached hydrogen (secondary N) is 1. The molecule has 1 heterocycles. The first-order valence-corrected chi connectivity index (χ1v) is 5.56. The molecule has 0 aromatic rings. The largest absolute Gasteiger partial charge is 0.298 e. The summed E-state index contributed by atoms with van der Waals surface area (Å²) in [7, 11) is 0. The molecule has 16 heavy (non-hydrogen) atoms. The van der Waals surface area contributed by atoms with Gasteiger partial charge < -0.3 is 0 Å². The van der Waals surface area contributed by atoms with E-state index in [1.807, 2.05) is 0 Å². The van der Waals surface area contributed by atoms with E-state index >= 15 is 0 Å². The van der Waals surface area contributed by atoms with E-state index in [9.17, 15) is 14.4 Å². The van der Waals surface area contributed by atoms with Crippen molar-refractivity contribution in [3.8, 4) is 0 Å². The number of Topliss-reactive ketones (excluding diaryl/α,β-unsaturated/α-hetero) is 1. The molecule has 1 unspecified atom stereocenters.